The first-order valence-corrected chi connectivity index (χ1v) is 8.23. The minimum Gasteiger partial charge on any atom is -0.405 e. The van der Waals surface area contributed by atoms with Crippen LogP contribution >= 0.6 is 27.5 Å². The molecule has 0 aliphatic carbocycles. The maximum Gasteiger partial charge on any atom is 0.573 e. The predicted octanol–water partition coefficient (Wildman–Crippen LogP) is 3.72. The van der Waals surface area contributed by atoms with Gasteiger partial charge in [0.15, 0.2) is 0 Å². The van der Waals surface area contributed by atoms with Crippen molar-refractivity contribution in [3.8, 4) is 5.75 Å². The van der Waals surface area contributed by atoms with E-state index in [1.807, 2.05) is 0 Å². The van der Waals surface area contributed by atoms with E-state index >= 15 is 0 Å². The molecule has 1 N–H and O–H groups in total. The van der Waals surface area contributed by atoms with Crippen LogP contribution in [0.5, 0.6) is 5.75 Å². The number of hydrogen-bond acceptors (Lipinski definition) is 3. The first kappa shape index (κ1) is 17.4. The number of nitrogens with one attached hydrogen (secondary N) is 1. The number of anilines is 1. The quantitative estimate of drug-likeness (QED) is 0.746. The van der Waals surface area contributed by atoms with E-state index < -0.39 is 22.1 Å². The van der Waals surface area contributed by atoms with Gasteiger partial charge in [0.1, 0.15) is 5.75 Å². The standard InChI is InChI=1S/C10H10BrClF3NO3S/c11-8-6-7(16-20(17,18)5-1-4-12)2-3-9(8)19-10(13,14)15/h2-3,6,16H,1,4-5H2. The molecular formula is C10H10BrClF3NO3S. The van der Waals surface area contributed by atoms with Gasteiger partial charge < -0.3 is 4.74 Å². The van der Waals surface area contributed by atoms with E-state index in [2.05, 4.69) is 25.4 Å². The molecule has 4 nitrogen and oxygen atoms in total. The van der Waals surface area contributed by atoms with E-state index in [0.717, 1.165) is 6.07 Å². The zero-order chi connectivity index (χ0) is 15.4. The van der Waals surface area contributed by atoms with Gasteiger partial charge >= 0.3 is 6.36 Å². The van der Waals surface area contributed by atoms with Crippen LogP contribution < -0.4 is 9.46 Å². The van der Waals surface area contributed by atoms with Gasteiger partial charge in [0, 0.05) is 11.6 Å². The molecule has 0 unspecified atom stereocenters. The molecule has 1 aromatic rings. The third-order valence-electron chi connectivity index (χ3n) is 1.98. The van der Waals surface area contributed by atoms with Crippen LogP contribution in [0.4, 0.5) is 18.9 Å². The molecule has 0 fully saturated rings. The average Bonchev–Trinajstić information content (AvgIpc) is 2.28. The van der Waals surface area contributed by atoms with Gasteiger partial charge in [-0.1, -0.05) is 0 Å². The molecule has 0 aliphatic rings. The molecule has 0 spiro atoms. The molecule has 0 aromatic heterocycles. The molecule has 0 amide bonds. The van der Waals surface area contributed by atoms with Crippen molar-refractivity contribution < 1.29 is 26.3 Å². The van der Waals surface area contributed by atoms with Gasteiger partial charge in [0.05, 0.1) is 10.2 Å². The Balaban J connectivity index is 2.83. The number of rotatable bonds is 6. The summed E-state index contributed by atoms with van der Waals surface area (Å²) >= 11 is 8.27. The second kappa shape index (κ2) is 6.86. The Morgan fingerprint density at radius 3 is 2.50 bits per heavy atom. The zero-order valence-corrected chi connectivity index (χ0v) is 13.0. The minimum atomic E-state index is -4.82. The summed E-state index contributed by atoms with van der Waals surface area (Å²) in [6.07, 6.45) is -4.54. The highest BCUT2D eigenvalue weighted by Crippen LogP contribution is 2.32. The summed E-state index contributed by atoms with van der Waals surface area (Å²) in [6.45, 7) is 0. The Bertz CT molecular complexity index is 565. The summed E-state index contributed by atoms with van der Waals surface area (Å²) in [7, 11) is -3.58. The van der Waals surface area contributed by atoms with Crippen LogP contribution in [0.2, 0.25) is 0 Å². The molecule has 10 heteroatoms. The Morgan fingerprint density at radius 1 is 1.35 bits per heavy atom. The van der Waals surface area contributed by atoms with Crippen molar-refractivity contribution in [3.05, 3.63) is 22.7 Å². The van der Waals surface area contributed by atoms with Gasteiger partial charge in [-0.15, -0.1) is 24.8 Å². The lowest BCUT2D eigenvalue weighted by Crippen LogP contribution is -2.18. The monoisotopic (exact) mass is 395 g/mol. The smallest absolute Gasteiger partial charge is 0.405 e. The summed E-state index contributed by atoms with van der Waals surface area (Å²) in [5.74, 6) is -0.432. The average molecular weight is 397 g/mol. The molecule has 0 saturated carbocycles. The highest BCUT2D eigenvalue weighted by atomic mass is 79.9. The van der Waals surface area contributed by atoms with E-state index in [1.54, 1.807) is 0 Å². The Kier molecular flexibility index (Phi) is 5.96. The van der Waals surface area contributed by atoms with E-state index in [4.69, 9.17) is 11.6 Å². The van der Waals surface area contributed by atoms with Crippen molar-refractivity contribution in [1.29, 1.82) is 0 Å². The molecule has 1 rings (SSSR count). The van der Waals surface area contributed by atoms with Crippen molar-refractivity contribution >= 4 is 43.2 Å². The molecule has 1 aromatic carbocycles. The zero-order valence-electron chi connectivity index (χ0n) is 9.88. The van der Waals surface area contributed by atoms with Gasteiger partial charge in [-0.2, -0.15) is 0 Å². The molecule has 114 valence electrons. The lowest BCUT2D eigenvalue weighted by atomic mass is 10.3. The fourth-order valence-electron chi connectivity index (χ4n) is 1.25. The third kappa shape index (κ3) is 6.19. The van der Waals surface area contributed by atoms with Gasteiger partial charge in [-0.05, 0) is 40.5 Å². The van der Waals surface area contributed by atoms with Gasteiger partial charge in [-0.3, -0.25) is 4.72 Å². The Labute approximate surface area is 127 Å². The van der Waals surface area contributed by atoms with Crippen LogP contribution in [0.25, 0.3) is 0 Å². The summed E-state index contributed by atoms with van der Waals surface area (Å²) < 4.78 is 65.3. The van der Waals surface area contributed by atoms with E-state index in [9.17, 15) is 21.6 Å². The van der Waals surface area contributed by atoms with Crippen LogP contribution in [0.3, 0.4) is 0 Å². The minimum absolute atomic E-state index is 0.0210. The SMILES string of the molecule is O=S(=O)(CCCCl)Nc1ccc(OC(F)(F)F)c(Br)c1. The predicted molar refractivity (Wildman–Crippen MR) is 73.6 cm³/mol. The number of ether oxygens (including phenoxy) is 1. The highest BCUT2D eigenvalue weighted by molar-refractivity contribution is 9.10. The third-order valence-corrected chi connectivity index (χ3v) is 4.24. The Hall–Kier alpha value is -0.670. The summed E-state index contributed by atoms with van der Waals surface area (Å²) in [5, 5.41) is 0. The largest absolute Gasteiger partial charge is 0.573 e. The molecular weight excluding hydrogens is 387 g/mol. The van der Waals surface area contributed by atoms with E-state index in [0.29, 0.717) is 0 Å². The first-order valence-electron chi connectivity index (χ1n) is 5.25. The van der Waals surface area contributed by atoms with Crippen molar-refractivity contribution in [2.24, 2.45) is 0 Å². The first-order chi connectivity index (χ1) is 9.13. The van der Waals surface area contributed by atoms with Gasteiger partial charge in [0.2, 0.25) is 10.0 Å². The molecule has 0 atom stereocenters. The number of sulfonamides is 1. The second-order valence-corrected chi connectivity index (χ2v) is 6.73. The van der Waals surface area contributed by atoms with E-state index in [-0.39, 0.29) is 28.2 Å². The van der Waals surface area contributed by atoms with Gasteiger partial charge in [0.25, 0.3) is 0 Å². The molecule has 0 heterocycles. The fourth-order valence-corrected chi connectivity index (χ4v) is 3.11. The molecule has 0 radical (unpaired) electrons. The normalized spacial score (nSPS) is 12.2. The van der Waals surface area contributed by atoms with Crippen LogP contribution in [0.15, 0.2) is 22.7 Å². The topological polar surface area (TPSA) is 55.4 Å². The Morgan fingerprint density at radius 2 is 2.00 bits per heavy atom. The van der Waals surface area contributed by atoms with Crippen LogP contribution in [-0.4, -0.2) is 26.4 Å². The molecule has 20 heavy (non-hydrogen) atoms. The van der Waals surface area contributed by atoms with Crippen molar-refractivity contribution in [2.75, 3.05) is 16.4 Å². The van der Waals surface area contributed by atoms with Crippen molar-refractivity contribution in [2.45, 2.75) is 12.8 Å². The molecule has 0 saturated heterocycles. The lowest BCUT2D eigenvalue weighted by molar-refractivity contribution is -0.274. The van der Waals surface area contributed by atoms with Crippen molar-refractivity contribution in [1.82, 2.24) is 0 Å². The maximum atomic E-state index is 12.1. The van der Waals surface area contributed by atoms with E-state index in [1.165, 1.54) is 12.1 Å². The maximum absolute atomic E-state index is 12.1. The highest BCUT2D eigenvalue weighted by Gasteiger charge is 2.32. The number of hydrogen-bond donors (Lipinski definition) is 1. The summed E-state index contributed by atoms with van der Waals surface area (Å²) in [4.78, 5) is 0. The number of benzene rings is 1. The fraction of sp³-hybridized carbons (Fsp3) is 0.400. The second-order valence-electron chi connectivity index (χ2n) is 3.66. The number of alkyl halides is 4. The summed E-state index contributed by atoms with van der Waals surface area (Å²) in [6, 6.07) is 3.36. The van der Waals surface area contributed by atoms with Crippen LogP contribution in [0, 0.1) is 0 Å². The number of halogens is 5. The molecule has 0 bridgehead atoms. The lowest BCUT2D eigenvalue weighted by Gasteiger charge is -2.12. The van der Waals surface area contributed by atoms with Gasteiger partial charge in [-0.25, -0.2) is 8.42 Å². The van der Waals surface area contributed by atoms with Crippen LogP contribution in [0.1, 0.15) is 6.42 Å². The van der Waals surface area contributed by atoms with Crippen molar-refractivity contribution in [3.63, 3.8) is 0 Å². The molecule has 0 aliphatic heterocycles. The van der Waals surface area contributed by atoms with Crippen LogP contribution in [-0.2, 0) is 10.0 Å². The summed E-state index contributed by atoms with van der Waals surface area (Å²) in [5.41, 5.74) is 0.126.